The standard InChI is InChI=1S/C42H53F2N9O8/c1-23-14-24(2)53(20-23)39(57)25(3)47-38(56)34-8-5-6-12-51(34)40(58)35-9-7-13-52(35)41(59)36(26(4)61-22-54)50-37(55)33(17-27-15-28(43)18-29(44)16-27)49-42(60)48-30-10-11-31-32(19-30)46-21-45-31/h10-11,15-16,18-19,21-26,33-36H,5-9,12-14,17,20H2,1-4H3,(H,45,46)(H,47,56)(H,50,55)(H2,48,49,60)/t23-,24?,25+,26+,33+,34+,35+,36+/m1/s1. The molecule has 17 nitrogen and oxygen atoms in total. The zero-order valence-electron chi connectivity index (χ0n) is 34.6. The zero-order chi connectivity index (χ0) is 44.0. The Morgan fingerprint density at radius 2 is 1.61 bits per heavy atom. The van der Waals surface area contributed by atoms with Crippen LogP contribution in [0.15, 0.2) is 42.7 Å². The average molecular weight is 850 g/mol. The molecule has 3 saturated heterocycles. The van der Waals surface area contributed by atoms with Crippen LogP contribution in [0.2, 0.25) is 0 Å². The van der Waals surface area contributed by atoms with Gasteiger partial charge in [-0.25, -0.2) is 18.6 Å². The average Bonchev–Trinajstić information content (AvgIpc) is 3.98. The summed E-state index contributed by atoms with van der Waals surface area (Å²) in [4.78, 5) is 106. The number of nitrogens with one attached hydrogen (secondary N) is 5. The highest BCUT2D eigenvalue weighted by atomic mass is 19.1. The Morgan fingerprint density at radius 3 is 2.31 bits per heavy atom. The number of anilines is 1. The number of aromatic amines is 1. The summed E-state index contributed by atoms with van der Waals surface area (Å²) in [6.07, 6.45) is 2.96. The second kappa shape index (κ2) is 19.5. The number of rotatable bonds is 14. The molecule has 3 fully saturated rings. The molecule has 2 aromatic carbocycles. The van der Waals surface area contributed by atoms with E-state index in [4.69, 9.17) is 4.74 Å². The van der Waals surface area contributed by atoms with Gasteiger partial charge in [-0.15, -0.1) is 0 Å². The van der Waals surface area contributed by atoms with E-state index in [-0.39, 0.29) is 43.5 Å². The number of hydrogen-bond acceptors (Lipinski definition) is 9. The third kappa shape index (κ3) is 10.6. The van der Waals surface area contributed by atoms with Gasteiger partial charge in [0.25, 0.3) is 6.47 Å². The number of likely N-dealkylation sites (tertiary alicyclic amines) is 3. The number of nitrogens with zero attached hydrogens (tertiary/aromatic N) is 4. The highest BCUT2D eigenvalue weighted by molar-refractivity contribution is 5.98. The lowest BCUT2D eigenvalue weighted by Gasteiger charge is -2.39. The van der Waals surface area contributed by atoms with E-state index in [2.05, 4.69) is 38.2 Å². The number of aromatic nitrogens is 2. The van der Waals surface area contributed by atoms with E-state index in [9.17, 15) is 42.3 Å². The Hall–Kier alpha value is -6.14. The van der Waals surface area contributed by atoms with Gasteiger partial charge in [0.15, 0.2) is 0 Å². The summed E-state index contributed by atoms with van der Waals surface area (Å²) >= 11 is 0. The van der Waals surface area contributed by atoms with E-state index >= 15 is 0 Å². The third-order valence-electron chi connectivity index (χ3n) is 11.7. The number of fused-ring (bicyclic) bond motifs is 1. The van der Waals surface area contributed by atoms with Crippen LogP contribution in [0.5, 0.6) is 0 Å². The fourth-order valence-corrected chi connectivity index (χ4v) is 8.66. The van der Waals surface area contributed by atoms with Crippen LogP contribution in [0.4, 0.5) is 19.3 Å². The van der Waals surface area contributed by atoms with Gasteiger partial charge in [-0.3, -0.25) is 28.8 Å². The minimum Gasteiger partial charge on any atom is -0.462 e. The van der Waals surface area contributed by atoms with E-state index in [1.807, 2.05) is 6.92 Å². The Bertz CT molecular complexity index is 2120. The van der Waals surface area contributed by atoms with Crippen LogP contribution >= 0.6 is 0 Å². The topological polar surface area (TPSA) is 215 Å². The van der Waals surface area contributed by atoms with Crippen molar-refractivity contribution in [2.24, 2.45) is 5.92 Å². The maximum atomic E-state index is 14.4. The largest absolute Gasteiger partial charge is 0.462 e. The van der Waals surface area contributed by atoms with Crippen molar-refractivity contribution in [3.05, 3.63) is 59.9 Å². The molecule has 328 valence electrons. The van der Waals surface area contributed by atoms with Crippen molar-refractivity contribution in [1.29, 1.82) is 0 Å². The van der Waals surface area contributed by atoms with E-state index in [1.165, 1.54) is 23.1 Å². The third-order valence-corrected chi connectivity index (χ3v) is 11.7. The summed E-state index contributed by atoms with van der Waals surface area (Å²) in [5.41, 5.74) is 1.61. The molecule has 4 heterocycles. The molecular formula is C42H53F2N9O8. The molecule has 3 aliphatic rings. The maximum absolute atomic E-state index is 14.4. The van der Waals surface area contributed by atoms with Gasteiger partial charge in [-0.1, -0.05) is 6.92 Å². The molecule has 3 aromatic rings. The number of urea groups is 1. The molecule has 19 heteroatoms. The second-order valence-electron chi connectivity index (χ2n) is 16.3. The number of imidazole rings is 1. The molecule has 1 unspecified atom stereocenters. The molecule has 0 saturated carbocycles. The van der Waals surface area contributed by atoms with Gasteiger partial charge in [0.1, 0.15) is 47.9 Å². The van der Waals surface area contributed by atoms with Crippen molar-refractivity contribution in [2.75, 3.05) is 25.0 Å². The SMILES string of the molecule is CC1C[C@@H](C)CN1C(=O)[C@H](C)NC(=O)[C@@H]1CCCCN1C(=O)[C@@H]1CCCN1C(=O)[C@@H](NC(=O)[C@H](Cc1cc(F)cc(F)c1)NC(=O)Nc1ccc2nc[nH]c2c1)[C@H](C)OC=O. The highest BCUT2D eigenvalue weighted by Crippen LogP contribution is 2.27. The van der Waals surface area contributed by atoms with Crippen molar-refractivity contribution in [3.8, 4) is 0 Å². The van der Waals surface area contributed by atoms with Crippen molar-refractivity contribution in [3.63, 3.8) is 0 Å². The van der Waals surface area contributed by atoms with Crippen molar-refractivity contribution in [2.45, 2.75) is 115 Å². The number of carbonyl (C=O) groups excluding carboxylic acids is 7. The molecule has 0 bridgehead atoms. The number of H-pyrrole nitrogens is 1. The minimum absolute atomic E-state index is 0.0150. The van der Waals surface area contributed by atoms with Gasteiger partial charge in [-0.2, -0.15) is 0 Å². The summed E-state index contributed by atoms with van der Waals surface area (Å²) < 4.78 is 33.7. The first-order valence-corrected chi connectivity index (χ1v) is 20.7. The van der Waals surface area contributed by atoms with Crippen molar-refractivity contribution in [1.82, 2.24) is 40.6 Å². The number of hydrogen-bond donors (Lipinski definition) is 5. The zero-order valence-corrected chi connectivity index (χ0v) is 34.6. The van der Waals surface area contributed by atoms with E-state index < -0.39 is 84.0 Å². The Morgan fingerprint density at radius 1 is 0.885 bits per heavy atom. The molecule has 0 aliphatic carbocycles. The van der Waals surface area contributed by atoms with E-state index in [1.54, 1.807) is 30.0 Å². The Kier molecular flexibility index (Phi) is 14.2. The first-order valence-electron chi connectivity index (χ1n) is 20.7. The van der Waals surface area contributed by atoms with Crippen LogP contribution < -0.4 is 21.3 Å². The monoisotopic (exact) mass is 849 g/mol. The van der Waals surface area contributed by atoms with Crippen LogP contribution in [0.25, 0.3) is 11.0 Å². The molecule has 5 N–H and O–H groups in total. The van der Waals surface area contributed by atoms with Crippen LogP contribution in [0, 0.1) is 17.6 Å². The normalized spacial score (nSPS) is 22.2. The van der Waals surface area contributed by atoms with Gasteiger partial charge in [0.05, 0.1) is 17.4 Å². The van der Waals surface area contributed by atoms with Gasteiger partial charge >= 0.3 is 6.03 Å². The number of benzene rings is 2. The number of ether oxygens (including phenoxy) is 1. The van der Waals surface area contributed by atoms with Gasteiger partial charge in [-0.05, 0) is 101 Å². The van der Waals surface area contributed by atoms with Crippen LogP contribution in [-0.2, 0) is 39.9 Å². The molecule has 61 heavy (non-hydrogen) atoms. The summed E-state index contributed by atoms with van der Waals surface area (Å²) in [6, 6.07) is 0.844. The van der Waals surface area contributed by atoms with Crippen LogP contribution in [0.1, 0.15) is 71.8 Å². The smallest absolute Gasteiger partial charge is 0.319 e. The van der Waals surface area contributed by atoms with Crippen molar-refractivity contribution >= 4 is 58.8 Å². The summed E-state index contributed by atoms with van der Waals surface area (Å²) in [7, 11) is 0. The molecule has 1 aromatic heterocycles. The highest BCUT2D eigenvalue weighted by Gasteiger charge is 2.45. The molecule has 0 radical (unpaired) electrons. The summed E-state index contributed by atoms with van der Waals surface area (Å²) in [5, 5.41) is 10.5. The molecule has 6 rings (SSSR count). The molecule has 8 atom stereocenters. The van der Waals surface area contributed by atoms with Gasteiger partial charge in [0, 0.05) is 43.9 Å². The first-order chi connectivity index (χ1) is 29.1. The molecular weight excluding hydrogens is 797 g/mol. The number of amides is 7. The van der Waals surface area contributed by atoms with Gasteiger partial charge < -0.3 is 45.7 Å². The van der Waals surface area contributed by atoms with Crippen LogP contribution in [0.3, 0.4) is 0 Å². The second-order valence-corrected chi connectivity index (χ2v) is 16.3. The maximum Gasteiger partial charge on any atom is 0.319 e. The lowest BCUT2D eigenvalue weighted by atomic mass is 9.99. The Labute approximate surface area is 351 Å². The lowest BCUT2D eigenvalue weighted by Crippen LogP contribution is -2.62. The van der Waals surface area contributed by atoms with Gasteiger partial charge in [0.2, 0.25) is 29.5 Å². The number of piperidine rings is 1. The van der Waals surface area contributed by atoms with E-state index in [0.29, 0.717) is 60.9 Å². The lowest BCUT2D eigenvalue weighted by molar-refractivity contribution is -0.153. The minimum atomic E-state index is -1.58. The Balaban J connectivity index is 1.18. The summed E-state index contributed by atoms with van der Waals surface area (Å²) in [5.74, 6) is -4.35. The first kappa shape index (κ1) is 44.4. The molecule has 3 aliphatic heterocycles. The quantitative estimate of drug-likeness (QED) is 0.151. The molecule has 0 spiro atoms. The van der Waals surface area contributed by atoms with E-state index in [0.717, 1.165) is 18.6 Å². The molecule has 7 amide bonds. The fourth-order valence-electron chi connectivity index (χ4n) is 8.66. The predicted octanol–water partition coefficient (Wildman–Crippen LogP) is 2.75. The number of carbonyl (C=O) groups is 7. The van der Waals surface area contributed by atoms with Crippen molar-refractivity contribution < 1.29 is 47.1 Å². The predicted molar refractivity (Wildman–Crippen MR) is 217 cm³/mol. The number of halogens is 2. The van der Waals surface area contributed by atoms with Crippen LogP contribution in [-0.4, -0.2) is 129 Å². The fraction of sp³-hybridized carbons (Fsp3) is 0.524. The summed E-state index contributed by atoms with van der Waals surface area (Å²) in [6.45, 7) is 8.09.